The zero-order chi connectivity index (χ0) is 23.0. The molecule has 1 N–H and O–H groups in total. The zero-order valence-corrected chi connectivity index (χ0v) is 18.6. The predicted octanol–water partition coefficient (Wildman–Crippen LogP) is 5.66. The molecule has 0 amide bonds. The van der Waals surface area contributed by atoms with Crippen LogP contribution in [0.1, 0.15) is 42.3 Å². The summed E-state index contributed by atoms with van der Waals surface area (Å²) in [6, 6.07) is 10.3. The minimum absolute atomic E-state index is 0.215. The molecule has 2 aromatic carbocycles. The van der Waals surface area contributed by atoms with Crippen LogP contribution in [0.2, 0.25) is 0 Å². The Morgan fingerprint density at radius 2 is 1.91 bits per heavy atom. The van der Waals surface area contributed by atoms with Crippen LogP contribution in [0.3, 0.4) is 0 Å². The largest absolute Gasteiger partial charge is 0.416 e. The van der Waals surface area contributed by atoms with Crippen molar-refractivity contribution in [2.75, 3.05) is 30.0 Å². The molecule has 1 aliphatic rings. The van der Waals surface area contributed by atoms with Crippen LogP contribution < -0.4 is 10.2 Å². The van der Waals surface area contributed by atoms with Gasteiger partial charge in [-0.25, -0.2) is 0 Å². The maximum atomic E-state index is 13.4. The van der Waals surface area contributed by atoms with Gasteiger partial charge in [0.2, 0.25) is 0 Å². The number of aryl methyl sites for hydroxylation is 1. The van der Waals surface area contributed by atoms with E-state index in [9.17, 15) is 13.2 Å². The molecule has 0 aliphatic carbocycles. The summed E-state index contributed by atoms with van der Waals surface area (Å²) in [7, 11) is 0. The lowest BCUT2D eigenvalue weighted by Gasteiger charge is -2.35. The van der Waals surface area contributed by atoms with Crippen molar-refractivity contribution in [3.05, 3.63) is 58.8 Å². The fourth-order valence-electron chi connectivity index (χ4n) is 4.38. The molecule has 3 aromatic rings. The van der Waals surface area contributed by atoms with Gasteiger partial charge in [0.15, 0.2) is 5.82 Å². The quantitative estimate of drug-likeness (QED) is 0.562. The van der Waals surface area contributed by atoms with Crippen LogP contribution >= 0.6 is 0 Å². The van der Waals surface area contributed by atoms with Gasteiger partial charge < -0.3 is 15.0 Å². The topological polar surface area (TPSA) is 50.3 Å². The smallest absolute Gasteiger partial charge is 0.377 e. The summed E-state index contributed by atoms with van der Waals surface area (Å²) in [5, 5.41) is 13.8. The number of rotatable bonds is 4. The normalized spacial score (nSPS) is 18.1. The first kappa shape index (κ1) is 22.3. The Morgan fingerprint density at radius 1 is 1.12 bits per heavy atom. The van der Waals surface area contributed by atoms with Gasteiger partial charge in [-0.05, 0) is 57.0 Å². The van der Waals surface area contributed by atoms with E-state index in [1.165, 1.54) is 13.0 Å². The SMILES string of the molecule is Cc1c([C@@H](C)Nc2nnc(C)c3ccc(N4CCOCC4C)cc23)cccc1C(F)(F)F. The Hall–Kier alpha value is -2.87. The molecule has 5 nitrogen and oxygen atoms in total. The first-order chi connectivity index (χ1) is 15.2. The molecule has 0 saturated carbocycles. The molecule has 1 fully saturated rings. The van der Waals surface area contributed by atoms with Gasteiger partial charge >= 0.3 is 6.18 Å². The van der Waals surface area contributed by atoms with E-state index < -0.39 is 11.7 Å². The van der Waals surface area contributed by atoms with E-state index in [-0.39, 0.29) is 17.6 Å². The minimum Gasteiger partial charge on any atom is -0.377 e. The summed E-state index contributed by atoms with van der Waals surface area (Å²) in [5.74, 6) is 0.553. The summed E-state index contributed by atoms with van der Waals surface area (Å²) in [6.07, 6.45) is -4.39. The lowest BCUT2D eigenvalue weighted by atomic mass is 9.97. The lowest BCUT2D eigenvalue weighted by Crippen LogP contribution is -2.43. The predicted molar refractivity (Wildman–Crippen MR) is 120 cm³/mol. The van der Waals surface area contributed by atoms with E-state index in [0.29, 0.717) is 24.6 Å². The second-order valence-electron chi connectivity index (χ2n) is 8.36. The van der Waals surface area contributed by atoms with Gasteiger partial charge in [-0.3, -0.25) is 0 Å². The Kier molecular flexibility index (Phi) is 5.99. The molecule has 8 heteroatoms. The van der Waals surface area contributed by atoms with E-state index in [0.717, 1.165) is 34.8 Å². The van der Waals surface area contributed by atoms with E-state index in [1.807, 2.05) is 19.9 Å². The van der Waals surface area contributed by atoms with Crippen molar-refractivity contribution >= 4 is 22.3 Å². The molecule has 2 heterocycles. The van der Waals surface area contributed by atoms with Crippen LogP contribution in [0.15, 0.2) is 36.4 Å². The Balaban J connectivity index is 1.72. The minimum atomic E-state index is -4.39. The fourth-order valence-corrected chi connectivity index (χ4v) is 4.38. The number of anilines is 2. The van der Waals surface area contributed by atoms with E-state index >= 15 is 0 Å². The summed E-state index contributed by atoms with van der Waals surface area (Å²) < 4.78 is 45.7. The molecule has 170 valence electrons. The third kappa shape index (κ3) is 4.24. The highest BCUT2D eigenvalue weighted by molar-refractivity contribution is 5.95. The van der Waals surface area contributed by atoms with Crippen molar-refractivity contribution < 1.29 is 17.9 Å². The molecule has 1 saturated heterocycles. The number of morpholine rings is 1. The van der Waals surface area contributed by atoms with Gasteiger partial charge in [-0.2, -0.15) is 18.3 Å². The standard InChI is InChI=1S/C24H27F3N4O/c1-14-13-32-11-10-31(14)18-8-9-20-17(4)29-30-23(21(20)12-18)28-16(3)19-6-5-7-22(15(19)2)24(25,26)27/h5-9,12,14,16H,10-11,13H2,1-4H3,(H,28,30)/t14?,16-/m1/s1. The Labute approximate surface area is 185 Å². The molecular formula is C24H27F3N4O. The Morgan fingerprint density at radius 3 is 2.62 bits per heavy atom. The maximum Gasteiger partial charge on any atom is 0.416 e. The molecule has 1 aliphatic heterocycles. The molecular weight excluding hydrogens is 417 g/mol. The summed E-state index contributed by atoms with van der Waals surface area (Å²) in [6.45, 7) is 9.51. The van der Waals surface area contributed by atoms with Crippen molar-refractivity contribution in [3.8, 4) is 0 Å². The first-order valence-corrected chi connectivity index (χ1v) is 10.7. The molecule has 1 unspecified atom stereocenters. The molecule has 1 aromatic heterocycles. The number of hydrogen-bond donors (Lipinski definition) is 1. The number of ether oxygens (including phenoxy) is 1. The molecule has 0 radical (unpaired) electrons. The monoisotopic (exact) mass is 444 g/mol. The first-order valence-electron chi connectivity index (χ1n) is 10.7. The molecule has 4 rings (SSSR count). The van der Waals surface area contributed by atoms with Crippen LogP contribution in [-0.2, 0) is 10.9 Å². The molecule has 0 bridgehead atoms. The number of nitrogens with zero attached hydrogens (tertiary/aromatic N) is 3. The number of aromatic nitrogens is 2. The average molecular weight is 445 g/mol. The van der Waals surface area contributed by atoms with Crippen molar-refractivity contribution in [2.24, 2.45) is 0 Å². The maximum absolute atomic E-state index is 13.4. The third-order valence-electron chi connectivity index (χ3n) is 6.15. The molecule has 32 heavy (non-hydrogen) atoms. The van der Waals surface area contributed by atoms with Crippen molar-refractivity contribution in [1.82, 2.24) is 10.2 Å². The van der Waals surface area contributed by atoms with Crippen LogP contribution in [0, 0.1) is 13.8 Å². The Bertz CT molecular complexity index is 1130. The number of halogens is 3. The number of benzene rings is 2. The summed E-state index contributed by atoms with van der Waals surface area (Å²) in [5.41, 5.74) is 2.04. The van der Waals surface area contributed by atoms with Crippen LogP contribution in [0.25, 0.3) is 10.8 Å². The number of fused-ring (bicyclic) bond motifs is 1. The van der Waals surface area contributed by atoms with E-state index in [4.69, 9.17) is 4.74 Å². The fraction of sp³-hybridized carbons (Fsp3) is 0.417. The van der Waals surface area contributed by atoms with Crippen LogP contribution in [-0.4, -0.2) is 36.0 Å². The number of hydrogen-bond acceptors (Lipinski definition) is 5. The van der Waals surface area contributed by atoms with Gasteiger partial charge in [0.1, 0.15) is 0 Å². The second kappa shape index (κ2) is 8.58. The highest BCUT2D eigenvalue weighted by Crippen LogP contribution is 2.36. The number of nitrogens with one attached hydrogen (secondary N) is 1. The van der Waals surface area contributed by atoms with Crippen LogP contribution in [0.4, 0.5) is 24.7 Å². The van der Waals surface area contributed by atoms with E-state index in [2.05, 4.69) is 39.5 Å². The van der Waals surface area contributed by atoms with Gasteiger partial charge in [-0.1, -0.05) is 18.2 Å². The van der Waals surface area contributed by atoms with Crippen LogP contribution in [0.5, 0.6) is 0 Å². The summed E-state index contributed by atoms with van der Waals surface area (Å²) in [4.78, 5) is 2.29. The van der Waals surface area contributed by atoms with Gasteiger partial charge in [-0.15, -0.1) is 5.10 Å². The van der Waals surface area contributed by atoms with Gasteiger partial charge in [0, 0.05) is 29.0 Å². The highest BCUT2D eigenvalue weighted by atomic mass is 19.4. The molecule has 0 spiro atoms. The van der Waals surface area contributed by atoms with Crippen molar-refractivity contribution in [1.29, 1.82) is 0 Å². The second-order valence-corrected chi connectivity index (χ2v) is 8.36. The highest BCUT2D eigenvalue weighted by Gasteiger charge is 2.33. The van der Waals surface area contributed by atoms with Crippen molar-refractivity contribution in [2.45, 2.75) is 46.0 Å². The average Bonchev–Trinajstić information content (AvgIpc) is 2.75. The summed E-state index contributed by atoms with van der Waals surface area (Å²) >= 11 is 0. The van der Waals surface area contributed by atoms with Gasteiger partial charge in [0.25, 0.3) is 0 Å². The van der Waals surface area contributed by atoms with Crippen molar-refractivity contribution in [3.63, 3.8) is 0 Å². The third-order valence-corrected chi connectivity index (χ3v) is 6.15. The lowest BCUT2D eigenvalue weighted by molar-refractivity contribution is -0.138. The van der Waals surface area contributed by atoms with Gasteiger partial charge in [0.05, 0.1) is 30.5 Å². The van der Waals surface area contributed by atoms with E-state index in [1.54, 1.807) is 6.07 Å². The molecule has 2 atom stereocenters. The number of alkyl halides is 3. The zero-order valence-electron chi connectivity index (χ0n) is 18.6.